The highest BCUT2D eigenvalue weighted by molar-refractivity contribution is 4.88. The third-order valence-electron chi connectivity index (χ3n) is 1.98. The van der Waals surface area contributed by atoms with E-state index < -0.39 is 6.10 Å². The molecule has 0 rings (SSSR count). The molecule has 1 atom stereocenters. The van der Waals surface area contributed by atoms with Crippen LogP contribution in [0, 0.1) is 0 Å². The first-order valence-electron chi connectivity index (χ1n) is 5.36. The molecule has 15 heavy (non-hydrogen) atoms. The molecule has 0 amide bonds. The summed E-state index contributed by atoms with van der Waals surface area (Å²) in [5, 5.41) is 27.7. The van der Waals surface area contributed by atoms with E-state index in [-0.39, 0.29) is 6.61 Å². The normalized spacial score (nSPS) is 11.3. The Morgan fingerprint density at radius 2 is 1.93 bits per heavy atom. The molecule has 0 aliphatic rings. The van der Waals surface area contributed by atoms with Crippen molar-refractivity contribution >= 4 is 0 Å². The molecule has 0 bridgehead atoms. The van der Waals surface area contributed by atoms with Gasteiger partial charge in [0.1, 0.15) is 0 Å². The molecule has 0 spiro atoms. The van der Waals surface area contributed by atoms with E-state index in [1.54, 1.807) is 0 Å². The number of nitrogens with one attached hydrogen (secondary N) is 1. The van der Waals surface area contributed by atoms with Crippen LogP contribution in [0.3, 0.4) is 0 Å². The van der Waals surface area contributed by atoms with Crippen molar-refractivity contribution in [1.82, 2.24) is 5.32 Å². The average Bonchev–Trinajstić information content (AvgIpc) is 2.30. The van der Waals surface area contributed by atoms with Crippen molar-refractivity contribution in [3.63, 3.8) is 0 Å². The molecule has 0 aromatic rings. The minimum Gasteiger partial charge on any atom is -0.400 e. The van der Waals surface area contributed by atoms with E-state index in [2.05, 4.69) is 18.8 Å². The highest BCUT2D eigenvalue weighted by Crippen LogP contribution is 2.00. The van der Waals surface area contributed by atoms with Gasteiger partial charge < -0.3 is 20.6 Å². The van der Waals surface area contributed by atoms with Gasteiger partial charge in [-0.25, -0.2) is 0 Å². The maximum absolute atomic E-state index is 9.02. The zero-order valence-electron chi connectivity index (χ0n) is 9.87. The molecule has 0 aliphatic carbocycles. The van der Waals surface area contributed by atoms with Gasteiger partial charge in [-0.05, 0) is 25.7 Å². The van der Waals surface area contributed by atoms with Crippen molar-refractivity contribution in [3.05, 3.63) is 12.3 Å². The Kier molecular flexibility index (Phi) is 15.1. The highest BCUT2D eigenvalue weighted by atomic mass is 16.3. The van der Waals surface area contributed by atoms with Crippen LogP contribution in [0.15, 0.2) is 12.3 Å². The maximum atomic E-state index is 9.02. The summed E-state index contributed by atoms with van der Waals surface area (Å²) in [5.74, 6) is 0. The lowest BCUT2D eigenvalue weighted by atomic mass is 10.1. The van der Waals surface area contributed by atoms with Gasteiger partial charge in [0, 0.05) is 19.4 Å². The second kappa shape index (κ2) is 13.4. The smallest absolute Gasteiger partial charge is 0.0770 e. The average molecular weight is 219 g/mol. The van der Waals surface area contributed by atoms with Gasteiger partial charge in [-0.1, -0.05) is 13.5 Å². The van der Waals surface area contributed by atoms with E-state index in [4.69, 9.17) is 15.3 Å². The van der Waals surface area contributed by atoms with Crippen molar-refractivity contribution in [3.8, 4) is 0 Å². The van der Waals surface area contributed by atoms with Crippen molar-refractivity contribution in [2.45, 2.75) is 38.7 Å². The number of hydrogen-bond donors (Lipinski definition) is 4. The Bertz CT molecular complexity index is 140. The predicted molar refractivity (Wildman–Crippen MR) is 62.5 cm³/mol. The van der Waals surface area contributed by atoms with Gasteiger partial charge in [-0.15, -0.1) is 0 Å². The molecule has 4 nitrogen and oxygen atoms in total. The van der Waals surface area contributed by atoms with E-state index in [1.807, 2.05) is 0 Å². The van der Waals surface area contributed by atoms with Crippen LogP contribution in [-0.2, 0) is 0 Å². The fourth-order valence-corrected chi connectivity index (χ4v) is 0.986. The van der Waals surface area contributed by atoms with Crippen LogP contribution in [0.1, 0.15) is 32.6 Å². The van der Waals surface area contributed by atoms with Crippen LogP contribution in [-0.4, -0.2) is 41.7 Å². The number of rotatable bonds is 8. The molecule has 0 heterocycles. The van der Waals surface area contributed by atoms with Crippen LogP contribution < -0.4 is 5.32 Å². The van der Waals surface area contributed by atoms with E-state index in [0.29, 0.717) is 6.42 Å². The molecule has 0 fully saturated rings. The van der Waals surface area contributed by atoms with Crippen molar-refractivity contribution in [2.24, 2.45) is 0 Å². The molecule has 0 saturated carbocycles. The topological polar surface area (TPSA) is 72.7 Å². The maximum Gasteiger partial charge on any atom is 0.0770 e. The van der Waals surface area contributed by atoms with Gasteiger partial charge >= 0.3 is 0 Å². The summed E-state index contributed by atoms with van der Waals surface area (Å²) in [7, 11) is 1.00. The van der Waals surface area contributed by atoms with Crippen LogP contribution in [0.2, 0.25) is 0 Å². The zero-order chi connectivity index (χ0) is 12.1. The van der Waals surface area contributed by atoms with Crippen LogP contribution in [0.5, 0.6) is 0 Å². The summed E-state index contributed by atoms with van der Waals surface area (Å²) in [5.41, 5.74) is 1.06. The van der Waals surface area contributed by atoms with Gasteiger partial charge in [0.2, 0.25) is 0 Å². The first-order chi connectivity index (χ1) is 7.20. The second-order valence-corrected chi connectivity index (χ2v) is 3.22. The fraction of sp³-hybridized carbons (Fsp3) is 0.818. The molecule has 0 unspecified atom stereocenters. The fourth-order valence-electron chi connectivity index (χ4n) is 0.986. The number of unbranched alkanes of at least 4 members (excludes halogenated alkanes) is 1. The Morgan fingerprint density at radius 3 is 2.40 bits per heavy atom. The number of hydrogen-bond acceptors (Lipinski definition) is 4. The third kappa shape index (κ3) is 13.4. The van der Waals surface area contributed by atoms with Crippen LogP contribution >= 0.6 is 0 Å². The predicted octanol–water partition coefficient (Wildman–Crippen LogP) is 0.632. The van der Waals surface area contributed by atoms with E-state index in [9.17, 15) is 0 Å². The molecular weight excluding hydrogens is 194 g/mol. The summed E-state index contributed by atoms with van der Waals surface area (Å²) in [6.07, 6.45) is 3.03. The number of aliphatic hydroxyl groups excluding tert-OH is 3. The molecule has 4 heteroatoms. The molecule has 4 N–H and O–H groups in total. The van der Waals surface area contributed by atoms with Gasteiger partial charge in [-0.2, -0.15) is 0 Å². The van der Waals surface area contributed by atoms with Crippen LogP contribution in [0.4, 0.5) is 0 Å². The Hall–Kier alpha value is -0.580. The van der Waals surface area contributed by atoms with Gasteiger partial charge in [0.25, 0.3) is 0 Å². The Labute approximate surface area is 92.6 Å². The number of allylic oxidation sites excluding steroid dienone is 1. The molecule has 0 saturated heterocycles. The standard InChI is InChI=1S/C10H21NO2.CH4O/c1-3-9(2)11-7-5-4-6-10(13)8-12;1-2/h10-13H,2-8H2,1H3;2H,1H3/t10-;/m0./s1. The van der Waals surface area contributed by atoms with E-state index in [1.165, 1.54) is 0 Å². The summed E-state index contributed by atoms with van der Waals surface area (Å²) in [6.45, 7) is 6.66. The zero-order valence-corrected chi connectivity index (χ0v) is 9.87. The molecule has 0 aromatic heterocycles. The lowest BCUT2D eigenvalue weighted by molar-refractivity contribution is 0.0862. The van der Waals surface area contributed by atoms with E-state index >= 15 is 0 Å². The third-order valence-corrected chi connectivity index (χ3v) is 1.98. The first kappa shape index (κ1) is 16.8. The summed E-state index contributed by atoms with van der Waals surface area (Å²) in [4.78, 5) is 0. The van der Waals surface area contributed by atoms with Crippen LogP contribution in [0.25, 0.3) is 0 Å². The van der Waals surface area contributed by atoms with Crippen molar-refractivity contribution in [2.75, 3.05) is 20.3 Å². The summed E-state index contributed by atoms with van der Waals surface area (Å²) in [6, 6.07) is 0. The van der Waals surface area contributed by atoms with Gasteiger partial charge in [0.15, 0.2) is 0 Å². The molecule has 92 valence electrons. The molecule has 0 aliphatic heterocycles. The Balaban J connectivity index is 0. The molecule has 0 aromatic carbocycles. The Morgan fingerprint density at radius 1 is 1.33 bits per heavy atom. The second-order valence-electron chi connectivity index (χ2n) is 3.22. The van der Waals surface area contributed by atoms with E-state index in [0.717, 1.165) is 38.6 Å². The molecular formula is C11H25NO3. The monoisotopic (exact) mass is 219 g/mol. The quantitative estimate of drug-likeness (QED) is 0.452. The van der Waals surface area contributed by atoms with Gasteiger partial charge in [-0.3, -0.25) is 0 Å². The van der Waals surface area contributed by atoms with Crippen molar-refractivity contribution in [1.29, 1.82) is 0 Å². The number of aliphatic hydroxyl groups is 3. The van der Waals surface area contributed by atoms with Gasteiger partial charge in [0.05, 0.1) is 12.7 Å². The minimum atomic E-state index is -0.547. The lowest BCUT2D eigenvalue weighted by Crippen LogP contribution is -2.15. The molecule has 0 radical (unpaired) electrons. The summed E-state index contributed by atoms with van der Waals surface area (Å²) >= 11 is 0. The first-order valence-corrected chi connectivity index (χ1v) is 5.36. The SMILES string of the molecule is C=C(CC)NCCCC[C@H](O)CO.CO. The summed E-state index contributed by atoms with van der Waals surface area (Å²) < 4.78 is 0. The highest BCUT2D eigenvalue weighted by Gasteiger charge is 2.00. The largest absolute Gasteiger partial charge is 0.400 e. The minimum absolute atomic E-state index is 0.130. The lowest BCUT2D eigenvalue weighted by Gasteiger charge is -2.08. The van der Waals surface area contributed by atoms with Crippen molar-refractivity contribution < 1.29 is 15.3 Å².